The van der Waals surface area contributed by atoms with Crippen molar-refractivity contribution >= 4 is 16.8 Å². The summed E-state index contributed by atoms with van der Waals surface area (Å²) in [5.74, 6) is -0.187. The number of fused-ring (bicyclic) bond motifs is 1. The van der Waals surface area contributed by atoms with Gasteiger partial charge in [0.25, 0.3) is 5.91 Å². The van der Waals surface area contributed by atoms with Crippen LogP contribution in [0.3, 0.4) is 0 Å². The molecule has 1 amide bonds. The van der Waals surface area contributed by atoms with Crippen LogP contribution in [-0.2, 0) is 0 Å². The van der Waals surface area contributed by atoms with Crippen LogP contribution in [0.1, 0.15) is 29.5 Å². The van der Waals surface area contributed by atoms with Gasteiger partial charge in [-0.2, -0.15) is 0 Å². The van der Waals surface area contributed by atoms with Crippen molar-refractivity contribution in [1.29, 1.82) is 0 Å². The molecule has 6 heteroatoms. The molecular weight excluding hydrogens is 278 g/mol. The smallest absolute Gasteiger partial charge is 0.273 e. The summed E-state index contributed by atoms with van der Waals surface area (Å²) in [5.41, 5.74) is 2.86. The average molecular weight is 295 g/mol. The maximum absolute atomic E-state index is 12.0. The number of aromatic nitrogens is 4. The number of hydrogen-bond acceptors (Lipinski definition) is 4. The van der Waals surface area contributed by atoms with E-state index < -0.39 is 0 Å². The molecule has 0 aliphatic carbocycles. The molecule has 6 nitrogen and oxygen atoms in total. The monoisotopic (exact) mass is 295 g/mol. The van der Waals surface area contributed by atoms with Crippen LogP contribution in [0.15, 0.2) is 36.5 Å². The minimum atomic E-state index is -0.187. The summed E-state index contributed by atoms with van der Waals surface area (Å²) in [7, 11) is 0. The van der Waals surface area contributed by atoms with Crippen molar-refractivity contribution in [2.45, 2.75) is 20.3 Å². The van der Waals surface area contributed by atoms with Gasteiger partial charge in [0.15, 0.2) is 5.69 Å². The summed E-state index contributed by atoms with van der Waals surface area (Å²) < 4.78 is 1.67. The molecule has 112 valence electrons. The summed E-state index contributed by atoms with van der Waals surface area (Å²) >= 11 is 0. The Labute approximate surface area is 128 Å². The van der Waals surface area contributed by atoms with Gasteiger partial charge in [0.2, 0.25) is 0 Å². The highest BCUT2D eigenvalue weighted by molar-refractivity contribution is 5.93. The fourth-order valence-electron chi connectivity index (χ4n) is 2.30. The summed E-state index contributed by atoms with van der Waals surface area (Å²) in [4.78, 5) is 16.3. The van der Waals surface area contributed by atoms with Crippen molar-refractivity contribution in [1.82, 2.24) is 25.3 Å². The van der Waals surface area contributed by atoms with Crippen molar-refractivity contribution in [2.75, 3.05) is 6.54 Å². The van der Waals surface area contributed by atoms with Gasteiger partial charge in [-0.1, -0.05) is 18.2 Å². The zero-order valence-corrected chi connectivity index (χ0v) is 12.6. The first-order chi connectivity index (χ1) is 10.7. The van der Waals surface area contributed by atoms with E-state index in [2.05, 4.69) is 20.6 Å². The Kier molecular flexibility index (Phi) is 3.82. The molecule has 1 aromatic carbocycles. The molecule has 3 rings (SSSR count). The Morgan fingerprint density at radius 3 is 3.00 bits per heavy atom. The van der Waals surface area contributed by atoms with E-state index in [1.54, 1.807) is 10.9 Å². The Morgan fingerprint density at radius 1 is 1.32 bits per heavy atom. The fourth-order valence-corrected chi connectivity index (χ4v) is 2.30. The van der Waals surface area contributed by atoms with Gasteiger partial charge in [0, 0.05) is 18.1 Å². The first-order valence-electron chi connectivity index (χ1n) is 7.26. The van der Waals surface area contributed by atoms with E-state index in [9.17, 15) is 4.79 Å². The number of benzene rings is 1. The van der Waals surface area contributed by atoms with Crippen LogP contribution in [0.2, 0.25) is 0 Å². The van der Waals surface area contributed by atoms with Crippen LogP contribution in [0.4, 0.5) is 0 Å². The van der Waals surface area contributed by atoms with Gasteiger partial charge in [-0.05, 0) is 37.6 Å². The summed E-state index contributed by atoms with van der Waals surface area (Å²) in [6.07, 6.45) is 2.65. The van der Waals surface area contributed by atoms with Crippen molar-refractivity contribution in [3.8, 4) is 5.69 Å². The van der Waals surface area contributed by atoms with Gasteiger partial charge in [0.05, 0.1) is 16.9 Å². The second kappa shape index (κ2) is 5.93. The molecule has 3 aromatic rings. The number of amides is 1. The first-order valence-corrected chi connectivity index (χ1v) is 7.26. The van der Waals surface area contributed by atoms with Gasteiger partial charge in [0.1, 0.15) is 0 Å². The number of pyridine rings is 1. The topological polar surface area (TPSA) is 72.7 Å². The lowest BCUT2D eigenvalue weighted by atomic mass is 10.2. The minimum Gasteiger partial charge on any atom is -0.351 e. The molecule has 0 aliphatic heterocycles. The lowest BCUT2D eigenvalue weighted by molar-refractivity contribution is 0.0948. The number of nitrogens with zero attached hydrogens (tertiary/aromatic N) is 4. The van der Waals surface area contributed by atoms with Crippen molar-refractivity contribution in [3.63, 3.8) is 0 Å². The van der Waals surface area contributed by atoms with Crippen molar-refractivity contribution in [3.05, 3.63) is 47.9 Å². The number of carbonyl (C=O) groups excluding carboxylic acids is 1. The van der Waals surface area contributed by atoms with Gasteiger partial charge in [-0.25, -0.2) is 4.68 Å². The van der Waals surface area contributed by atoms with E-state index in [1.807, 2.05) is 44.2 Å². The van der Waals surface area contributed by atoms with Gasteiger partial charge in [-0.15, -0.1) is 5.10 Å². The largest absolute Gasteiger partial charge is 0.351 e. The summed E-state index contributed by atoms with van der Waals surface area (Å²) in [6, 6.07) is 9.72. The van der Waals surface area contributed by atoms with Gasteiger partial charge < -0.3 is 5.32 Å². The number of rotatable bonds is 4. The molecule has 0 fully saturated rings. The van der Waals surface area contributed by atoms with Crippen molar-refractivity contribution in [2.24, 2.45) is 0 Å². The Balaban J connectivity index is 1.97. The van der Waals surface area contributed by atoms with Crippen LogP contribution < -0.4 is 5.32 Å². The second-order valence-corrected chi connectivity index (χ2v) is 5.07. The zero-order valence-electron chi connectivity index (χ0n) is 12.6. The molecule has 0 atom stereocenters. The number of hydrogen-bond donors (Lipinski definition) is 1. The Bertz CT molecular complexity index is 824. The van der Waals surface area contributed by atoms with E-state index in [-0.39, 0.29) is 5.91 Å². The first kappa shape index (κ1) is 14.2. The average Bonchev–Trinajstić information content (AvgIpc) is 2.94. The molecule has 2 heterocycles. The Hall–Kier alpha value is -2.76. The summed E-state index contributed by atoms with van der Waals surface area (Å²) in [5, 5.41) is 12.0. The molecule has 1 N–H and O–H groups in total. The lowest BCUT2D eigenvalue weighted by Gasteiger charge is -2.05. The number of nitrogens with one attached hydrogen (secondary N) is 1. The highest BCUT2D eigenvalue weighted by Crippen LogP contribution is 2.18. The predicted octanol–water partition coefficient (Wildman–Crippen LogP) is 2.26. The Morgan fingerprint density at radius 2 is 2.18 bits per heavy atom. The van der Waals surface area contributed by atoms with Crippen LogP contribution in [0, 0.1) is 6.92 Å². The number of carbonyl (C=O) groups is 1. The molecule has 0 radical (unpaired) electrons. The van der Waals surface area contributed by atoms with E-state index in [0.29, 0.717) is 12.2 Å². The van der Waals surface area contributed by atoms with Crippen molar-refractivity contribution < 1.29 is 4.79 Å². The van der Waals surface area contributed by atoms with Crippen LogP contribution >= 0.6 is 0 Å². The molecule has 0 saturated carbocycles. The standard InChI is InChI=1S/C16H17N5O/c1-3-8-18-16(22)15-11(2)21(20-19-15)13-6-7-14-12(10-13)5-4-9-17-14/h4-7,9-10H,3,8H2,1-2H3,(H,18,22). The fraction of sp³-hybridized carbons (Fsp3) is 0.250. The van der Waals surface area contributed by atoms with Gasteiger partial charge in [-0.3, -0.25) is 9.78 Å². The maximum atomic E-state index is 12.0. The van der Waals surface area contributed by atoms with E-state index >= 15 is 0 Å². The predicted molar refractivity (Wildman–Crippen MR) is 84.0 cm³/mol. The molecule has 0 bridgehead atoms. The summed E-state index contributed by atoms with van der Waals surface area (Å²) in [6.45, 7) is 4.48. The quantitative estimate of drug-likeness (QED) is 0.801. The molecular formula is C16H17N5O. The lowest BCUT2D eigenvalue weighted by Crippen LogP contribution is -2.25. The molecule has 0 unspecified atom stereocenters. The molecule has 0 saturated heterocycles. The third kappa shape index (κ3) is 2.55. The van der Waals surface area contributed by atoms with Crippen LogP contribution in [0.25, 0.3) is 16.6 Å². The van der Waals surface area contributed by atoms with Gasteiger partial charge >= 0.3 is 0 Å². The third-order valence-electron chi connectivity index (χ3n) is 3.48. The minimum absolute atomic E-state index is 0.187. The van der Waals surface area contributed by atoms with Crippen LogP contribution in [-0.4, -0.2) is 32.4 Å². The van der Waals surface area contributed by atoms with E-state index in [0.717, 1.165) is 28.7 Å². The molecule has 22 heavy (non-hydrogen) atoms. The SMILES string of the molecule is CCCNC(=O)c1nnn(-c2ccc3ncccc3c2)c1C. The highest BCUT2D eigenvalue weighted by Gasteiger charge is 2.16. The van der Waals surface area contributed by atoms with Crippen LogP contribution in [0.5, 0.6) is 0 Å². The van der Waals surface area contributed by atoms with E-state index in [4.69, 9.17) is 0 Å². The molecule has 0 aliphatic rings. The highest BCUT2D eigenvalue weighted by atomic mass is 16.2. The maximum Gasteiger partial charge on any atom is 0.273 e. The second-order valence-electron chi connectivity index (χ2n) is 5.07. The normalized spacial score (nSPS) is 10.8. The zero-order chi connectivity index (χ0) is 15.5. The molecule has 2 aromatic heterocycles. The van der Waals surface area contributed by atoms with E-state index in [1.165, 1.54) is 0 Å². The third-order valence-corrected chi connectivity index (χ3v) is 3.48. The molecule has 0 spiro atoms.